The van der Waals surface area contributed by atoms with Gasteiger partial charge >= 0.3 is 0 Å². The number of amides is 1. The van der Waals surface area contributed by atoms with Crippen molar-refractivity contribution in [3.63, 3.8) is 0 Å². The molecule has 132 valence electrons. The zero-order valence-electron chi connectivity index (χ0n) is 15.2. The van der Waals surface area contributed by atoms with Crippen molar-refractivity contribution in [2.24, 2.45) is 0 Å². The highest BCUT2D eigenvalue weighted by atomic mass is 16.5. The highest BCUT2D eigenvalue weighted by Crippen LogP contribution is 2.22. The second-order valence-electron chi connectivity index (χ2n) is 6.71. The van der Waals surface area contributed by atoms with Crippen LogP contribution in [0.15, 0.2) is 36.4 Å². The molecule has 2 heterocycles. The fourth-order valence-electron chi connectivity index (χ4n) is 3.29. The summed E-state index contributed by atoms with van der Waals surface area (Å²) >= 11 is 0. The standard InChI is InChI=1S/C21H26N2O2/c1-15-6-9-19(10-7-15)23-16(2)13-18(17(23)3)8-11-21(24)22-14-20-5-4-12-25-20/h6-11,13,20H,4-5,12,14H2,1-3H3,(H,22,24)/b11-8+. The van der Waals surface area contributed by atoms with Crippen LogP contribution in [0.1, 0.15) is 35.4 Å². The van der Waals surface area contributed by atoms with Crippen molar-refractivity contribution in [2.75, 3.05) is 13.2 Å². The molecule has 1 amide bonds. The first-order valence-corrected chi connectivity index (χ1v) is 8.88. The molecule has 1 unspecified atom stereocenters. The van der Waals surface area contributed by atoms with Gasteiger partial charge in [-0.2, -0.15) is 0 Å². The first-order chi connectivity index (χ1) is 12.0. The number of benzene rings is 1. The number of carbonyl (C=O) groups is 1. The molecule has 25 heavy (non-hydrogen) atoms. The minimum Gasteiger partial charge on any atom is -0.376 e. The Kier molecular flexibility index (Phi) is 5.39. The third kappa shape index (κ3) is 4.20. The van der Waals surface area contributed by atoms with Crippen LogP contribution in [0.25, 0.3) is 11.8 Å². The Morgan fingerprint density at radius 2 is 2.04 bits per heavy atom. The summed E-state index contributed by atoms with van der Waals surface area (Å²) in [7, 11) is 0. The molecule has 1 aromatic carbocycles. The van der Waals surface area contributed by atoms with Crippen molar-refractivity contribution in [2.45, 2.75) is 39.7 Å². The average Bonchev–Trinajstić information content (AvgIpc) is 3.20. The van der Waals surface area contributed by atoms with Crippen LogP contribution in [-0.2, 0) is 9.53 Å². The number of nitrogens with zero attached hydrogens (tertiary/aromatic N) is 1. The van der Waals surface area contributed by atoms with Gasteiger partial charge in [-0.25, -0.2) is 0 Å². The normalized spacial score (nSPS) is 17.3. The minimum absolute atomic E-state index is 0.0735. The molecule has 0 aliphatic carbocycles. The summed E-state index contributed by atoms with van der Waals surface area (Å²) in [6.07, 6.45) is 5.78. The lowest BCUT2D eigenvalue weighted by molar-refractivity contribution is -0.116. The number of aryl methyl sites for hydroxylation is 2. The van der Waals surface area contributed by atoms with E-state index in [1.165, 1.54) is 5.56 Å². The van der Waals surface area contributed by atoms with E-state index in [0.29, 0.717) is 6.54 Å². The lowest BCUT2D eigenvalue weighted by atomic mass is 10.2. The number of carbonyl (C=O) groups excluding carboxylic acids is 1. The van der Waals surface area contributed by atoms with Crippen LogP contribution < -0.4 is 5.32 Å². The first-order valence-electron chi connectivity index (χ1n) is 8.88. The van der Waals surface area contributed by atoms with E-state index < -0.39 is 0 Å². The van der Waals surface area contributed by atoms with Gasteiger partial charge in [-0.15, -0.1) is 0 Å². The topological polar surface area (TPSA) is 43.3 Å². The van der Waals surface area contributed by atoms with Crippen molar-refractivity contribution in [1.82, 2.24) is 9.88 Å². The zero-order chi connectivity index (χ0) is 17.8. The Bertz CT molecular complexity index is 766. The predicted octanol–water partition coefficient (Wildman–Crippen LogP) is 3.71. The number of ether oxygens (including phenoxy) is 1. The lowest BCUT2D eigenvalue weighted by Crippen LogP contribution is -2.30. The Hall–Kier alpha value is -2.33. The minimum atomic E-state index is -0.0735. The molecule has 4 nitrogen and oxygen atoms in total. The number of hydrogen-bond acceptors (Lipinski definition) is 2. The number of nitrogens with one attached hydrogen (secondary N) is 1. The Morgan fingerprint density at radius 3 is 2.72 bits per heavy atom. The van der Waals surface area contributed by atoms with Gasteiger partial charge in [0.15, 0.2) is 0 Å². The van der Waals surface area contributed by atoms with Gasteiger partial charge in [-0.1, -0.05) is 17.7 Å². The second kappa shape index (κ2) is 7.70. The van der Waals surface area contributed by atoms with E-state index in [1.807, 2.05) is 6.08 Å². The van der Waals surface area contributed by atoms with Crippen LogP contribution in [-0.4, -0.2) is 29.7 Å². The second-order valence-corrected chi connectivity index (χ2v) is 6.71. The van der Waals surface area contributed by atoms with Crippen LogP contribution in [0, 0.1) is 20.8 Å². The fourth-order valence-corrected chi connectivity index (χ4v) is 3.29. The molecule has 1 aliphatic heterocycles. The molecule has 1 saturated heterocycles. The van der Waals surface area contributed by atoms with Crippen molar-refractivity contribution in [1.29, 1.82) is 0 Å². The molecule has 3 rings (SSSR count). The molecule has 1 aliphatic rings. The van der Waals surface area contributed by atoms with Crippen molar-refractivity contribution in [3.8, 4) is 5.69 Å². The summed E-state index contributed by atoms with van der Waals surface area (Å²) in [5.74, 6) is -0.0735. The van der Waals surface area contributed by atoms with E-state index in [2.05, 4.69) is 61.0 Å². The van der Waals surface area contributed by atoms with Gasteiger partial charge in [0.05, 0.1) is 6.10 Å². The van der Waals surface area contributed by atoms with Crippen molar-refractivity contribution < 1.29 is 9.53 Å². The molecular weight excluding hydrogens is 312 g/mol. The lowest BCUT2D eigenvalue weighted by Gasteiger charge is -2.10. The predicted molar refractivity (Wildman–Crippen MR) is 101 cm³/mol. The first kappa shape index (κ1) is 17.5. The summed E-state index contributed by atoms with van der Waals surface area (Å²) < 4.78 is 7.73. The molecule has 0 spiro atoms. The molecule has 1 atom stereocenters. The van der Waals surface area contributed by atoms with E-state index in [4.69, 9.17) is 4.74 Å². The van der Waals surface area contributed by atoms with Crippen LogP contribution >= 0.6 is 0 Å². The van der Waals surface area contributed by atoms with Crippen LogP contribution in [0.4, 0.5) is 0 Å². The molecule has 0 radical (unpaired) electrons. The van der Waals surface area contributed by atoms with E-state index in [-0.39, 0.29) is 12.0 Å². The number of rotatable bonds is 5. The van der Waals surface area contributed by atoms with Gasteiger partial charge in [0, 0.05) is 36.3 Å². The zero-order valence-corrected chi connectivity index (χ0v) is 15.2. The molecule has 2 aromatic rings. The molecule has 0 saturated carbocycles. The Labute approximate surface area is 149 Å². The maximum Gasteiger partial charge on any atom is 0.244 e. The van der Waals surface area contributed by atoms with E-state index in [0.717, 1.165) is 42.1 Å². The largest absolute Gasteiger partial charge is 0.376 e. The average molecular weight is 338 g/mol. The van der Waals surface area contributed by atoms with Crippen LogP contribution in [0.2, 0.25) is 0 Å². The molecule has 1 fully saturated rings. The van der Waals surface area contributed by atoms with E-state index >= 15 is 0 Å². The maximum atomic E-state index is 12.0. The summed E-state index contributed by atoms with van der Waals surface area (Å²) in [6, 6.07) is 10.6. The third-order valence-electron chi connectivity index (χ3n) is 4.70. The third-order valence-corrected chi connectivity index (χ3v) is 4.70. The van der Waals surface area contributed by atoms with Crippen molar-refractivity contribution in [3.05, 3.63) is 58.9 Å². The molecular formula is C21H26N2O2. The fraction of sp³-hybridized carbons (Fsp3) is 0.381. The Balaban J connectivity index is 1.69. The molecule has 1 aromatic heterocycles. The van der Waals surface area contributed by atoms with E-state index in [1.54, 1.807) is 6.08 Å². The quantitative estimate of drug-likeness (QED) is 0.845. The SMILES string of the molecule is Cc1ccc(-n2c(C)cc(/C=C/C(=O)NCC3CCCO3)c2C)cc1. The van der Waals surface area contributed by atoms with Crippen LogP contribution in [0.3, 0.4) is 0 Å². The van der Waals surface area contributed by atoms with Gasteiger partial charge in [0.2, 0.25) is 5.91 Å². The number of aromatic nitrogens is 1. The molecule has 1 N–H and O–H groups in total. The molecule has 0 bridgehead atoms. The highest BCUT2D eigenvalue weighted by Gasteiger charge is 2.15. The summed E-state index contributed by atoms with van der Waals surface area (Å²) in [5, 5.41) is 2.92. The van der Waals surface area contributed by atoms with Gasteiger partial charge in [-0.3, -0.25) is 4.79 Å². The summed E-state index contributed by atoms with van der Waals surface area (Å²) in [5.41, 5.74) is 5.73. The number of hydrogen-bond donors (Lipinski definition) is 1. The van der Waals surface area contributed by atoms with Crippen LogP contribution in [0.5, 0.6) is 0 Å². The van der Waals surface area contributed by atoms with Gasteiger partial charge < -0.3 is 14.6 Å². The van der Waals surface area contributed by atoms with Gasteiger partial charge in [0.1, 0.15) is 0 Å². The Morgan fingerprint density at radius 1 is 1.28 bits per heavy atom. The summed E-state index contributed by atoms with van der Waals surface area (Å²) in [6.45, 7) is 7.65. The monoisotopic (exact) mass is 338 g/mol. The van der Waals surface area contributed by atoms with Crippen molar-refractivity contribution >= 4 is 12.0 Å². The van der Waals surface area contributed by atoms with E-state index in [9.17, 15) is 4.79 Å². The van der Waals surface area contributed by atoms with Gasteiger partial charge in [0.25, 0.3) is 0 Å². The smallest absolute Gasteiger partial charge is 0.244 e. The molecule has 4 heteroatoms. The highest BCUT2D eigenvalue weighted by molar-refractivity contribution is 5.91. The van der Waals surface area contributed by atoms with Gasteiger partial charge in [-0.05, 0) is 63.5 Å². The summed E-state index contributed by atoms with van der Waals surface area (Å²) in [4.78, 5) is 12.0. The maximum absolute atomic E-state index is 12.0.